The molecule has 0 unspecified atom stereocenters. The highest BCUT2D eigenvalue weighted by atomic mass is 19.1. The number of hydrogen-bond acceptors (Lipinski definition) is 6. The highest BCUT2D eigenvalue weighted by Crippen LogP contribution is 2.38. The Labute approximate surface area is 254 Å². The van der Waals surface area contributed by atoms with E-state index in [1.54, 1.807) is 22.1 Å². The Morgan fingerprint density at radius 2 is 1.80 bits per heavy atom. The van der Waals surface area contributed by atoms with Crippen LogP contribution in [0.25, 0.3) is 27.6 Å². The number of hydrogen-bond donors (Lipinski definition) is 1. The molecule has 2 aliphatic heterocycles. The van der Waals surface area contributed by atoms with Crippen LogP contribution in [-0.2, 0) is 11.2 Å². The number of anilines is 1. The summed E-state index contributed by atoms with van der Waals surface area (Å²) in [6.07, 6.45) is 8.02. The Hall–Kier alpha value is -4.80. The second-order valence-corrected chi connectivity index (χ2v) is 11.1. The number of nitrogens with zero attached hydrogens (tertiary/aromatic N) is 5. The molecule has 2 amide bonds. The smallest absolute Gasteiger partial charge is 0.270 e. The van der Waals surface area contributed by atoms with E-state index in [1.807, 2.05) is 36.2 Å². The molecular formula is C33H34F2N6O3. The Kier molecular flexibility index (Phi) is 8.03. The minimum absolute atomic E-state index is 0.0544. The van der Waals surface area contributed by atoms with Gasteiger partial charge in [0.1, 0.15) is 11.5 Å². The van der Waals surface area contributed by atoms with Gasteiger partial charge in [0.2, 0.25) is 5.91 Å². The Morgan fingerprint density at radius 1 is 1.00 bits per heavy atom. The van der Waals surface area contributed by atoms with Crippen molar-refractivity contribution < 1.29 is 23.1 Å². The normalized spacial score (nSPS) is 15.5. The Balaban J connectivity index is 1.36. The summed E-state index contributed by atoms with van der Waals surface area (Å²) in [4.78, 5) is 42.9. The first-order valence-corrected chi connectivity index (χ1v) is 14.8. The fraction of sp³-hybridized carbons (Fsp3) is 0.333. The number of fused-ring (bicyclic) bond motifs is 1. The number of carbonyl (C=O) groups is 2. The molecule has 6 rings (SSSR count). The third kappa shape index (κ3) is 5.38. The Morgan fingerprint density at radius 3 is 2.52 bits per heavy atom. The van der Waals surface area contributed by atoms with E-state index >= 15 is 4.39 Å². The zero-order chi connectivity index (χ0) is 31.0. The average molecular weight is 601 g/mol. The molecule has 0 aliphatic carbocycles. The van der Waals surface area contributed by atoms with Gasteiger partial charge in [-0.25, -0.2) is 13.8 Å². The van der Waals surface area contributed by atoms with Crippen LogP contribution in [0.5, 0.6) is 5.75 Å². The second kappa shape index (κ2) is 12.1. The SMILES string of the molecule is CCc1cnccc1-c1cc(C2=CCCN(C(C)=O)C2)c(F)c2[nH]c(C(=O)N3CCN(c4ncc(F)cc4OC)CC3)cc12. The number of aryl methyl sites for hydroxylation is 1. The molecule has 0 atom stereocenters. The summed E-state index contributed by atoms with van der Waals surface area (Å²) in [6.45, 7) is 6.22. The predicted octanol–water partition coefficient (Wildman–Crippen LogP) is 5.07. The van der Waals surface area contributed by atoms with E-state index in [1.165, 1.54) is 20.1 Å². The van der Waals surface area contributed by atoms with Crippen LogP contribution in [-0.4, -0.2) is 82.9 Å². The maximum atomic E-state index is 16.4. The van der Waals surface area contributed by atoms with E-state index < -0.39 is 11.6 Å². The molecular weight excluding hydrogens is 566 g/mol. The number of aromatic nitrogens is 3. The molecule has 3 aromatic heterocycles. The van der Waals surface area contributed by atoms with Crippen LogP contribution in [0.3, 0.4) is 0 Å². The zero-order valence-electron chi connectivity index (χ0n) is 25.0. The van der Waals surface area contributed by atoms with Crippen molar-refractivity contribution in [2.75, 3.05) is 51.3 Å². The first kappa shape index (κ1) is 29.3. The average Bonchev–Trinajstić information content (AvgIpc) is 3.51. The van der Waals surface area contributed by atoms with Gasteiger partial charge in [-0.1, -0.05) is 13.0 Å². The van der Waals surface area contributed by atoms with Crippen LogP contribution in [0, 0.1) is 11.6 Å². The lowest BCUT2D eigenvalue weighted by atomic mass is 9.91. The van der Waals surface area contributed by atoms with Crippen molar-refractivity contribution in [1.82, 2.24) is 24.8 Å². The number of methoxy groups -OCH3 is 1. The molecule has 1 N–H and O–H groups in total. The van der Waals surface area contributed by atoms with E-state index in [0.29, 0.717) is 73.9 Å². The van der Waals surface area contributed by atoms with Gasteiger partial charge < -0.3 is 24.4 Å². The minimum Gasteiger partial charge on any atom is -0.493 e. The molecule has 11 heteroatoms. The van der Waals surface area contributed by atoms with Crippen molar-refractivity contribution in [1.29, 1.82) is 0 Å². The standard InChI is InChI=1S/C33H34F2N6O3/c1-4-21-17-36-8-7-24(21)26-15-25(22-6-5-9-41(19-22)20(2)42)30(35)31-27(26)16-28(38-31)33(43)40-12-10-39(11-13-40)32-29(44-3)14-23(34)18-37-32/h6-8,14-18,38H,4-5,9-13,19H2,1-3H3. The van der Waals surface area contributed by atoms with Gasteiger partial charge in [-0.15, -0.1) is 0 Å². The molecule has 1 saturated heterocycles. The van der Waals surface area contributed by atoms with Gasteiger partial charge in [0, 0.05) is 75.6 Å². The molecule has 9 nitrogen and oxygen atoms in total. The maximum Gasteiger partial charge on any atom is 0.270 e. The van der Waals surface area contributed by atoms with Gasteiger partial charge in [-0.3, -0.25) is 14.6 Å². The fourth-order valence-corrected chi connectivity index (χ4v) is 6.10. The first-order chi connectivity index (χ1) is 21.3. The number of nitrogens with one attached hydrogen (secondary N) is 1. The van der Waals surface area contributed by atoms with Crippen molar-refractivity contribution in [2.24, 2.45) is 0 Å². The number of rotatable bonds is 6. The van der Waals surface area contributed by atoms with E-state index in [9.17, 15) is 14.0 Å². The number of amides is 2. The van der Waals surface area contributed by atoms with Crippen molar-refractivity contribution in [3.05, 3.63) is 77.4 Å². The van der Waals surface area contributed by atoms with Gasteiger partial charge in [0.15, 0.2) is 17.4 Å². The lowest BCUT2D eigenvalue weighted by Crippen LogP contribution is -2.49. The van der Waals surface area contributed by atoms with Gasteiger partial charge in [-0.2, -0.15) is 0 Å². The van der Waals surface area contributed by atoms with Crippen LogP contribution in [0.1, 0.15) is 41.9 Å². The van der Waals surface area contributed by atoms with Crippen molar-refractivity contribution in [3.63, 3.8) is 0 Å². The molecule has 1 aromatic carbocycles. The maximum absolute atomic E-state index is 16.4. The van der Waals surface area contributed by atoms with E-state index in [-0.39, 0.29) is 17.3 Å². The molecule has 0 bridgehead atoms. The molecule has 1 fully saturated rings. The van der Waals surface area contributed by atoms with E-state index in [4.69, 9.17) is 4.74 Å². The molecule has 2 aliphatic rings. The summed E-state index contributed by atoms with van der Waals surface area (Å²) in [7, 11) is 1.47. The van der Waals surface area contributed by atoms with Crippen molar-refractivity contribution in [2.45, 2.75) is 26.7 Å². The third-order valence-electron chi connectivity index (χ3n) is 8.49. The monoisotopic (exact) mass is 600 g/mol. The number of carbonyl (C=O) groups excluding carboxylic acids is 2. The number of H-pyrrole nitrogens is 1. The van der Waals surface area contributed by atoms with Gasteiger partial charge >= 0.3 is 0 Å². The number of piperazine rings is 1. The Bertz CT molecular complexity index is 1780. The number of aromatic amines is 1. The summed E-state index contributed by atoms with van der Waals surface area (Å²) < 4.78 is 35.3. The summed E-state index contributed by atoms with van der Waals surface area (Å²) >= 11 is 0. The lowest BCUT2D eigenvalue weighted by Gasteiger charge is -2.35. The largest absolute Gasteiger partial charge is 0.493 e. The van der Waals surface area contributed by atoms with Crippen molar-refractivity contribution >= 4 is 34.1 Å². The van der Waals surface area contributed by atoms with Gasteiger partial charge in [0.25, 0.3) is 5.91 Å². The first-order valence-electron chi connectivity index (χ1n) is 14.8. The highest BCUT2D eigenvalue weighted by Gasteiger charge is 2.28. The summed E-state index contributed by atoms with van der Waals surface area (Å²) in [5.41, 5.74) is 4.41. The van der Waals surface area contributed by atoms with Gasteiger partial charge in [-0.05, 0) is 53.3 Å². The molecule has 4 aromatic rings. The molecule has 228 valence electrons. The summed E-state index contributed by atoms with van der Waals surface area (Å²) in [6, 6.07) is 6.77. The van der Waals surface area contributed by atoms with Crippen LogP contribution in [0.15, 0.2) is 48.9 Å². The molecule has 0 spiro atoms. The third-order valence-corrected chi connectivity index (χ3v) is 8.49. The number of halogens is 2. The summed E-state index contributed by atoms with van der Waals surface area (Å²) in [5.74, 6) is -0.373. The second-order valence-electron chi connectivity index (χ2n) is 11.1. The van der Waals surface area contributed by atoms with E-state index in [0.717, 1.165) is 34.9 Å². The topological polar surface area (TPSA) is 94.7 Å². The molecule has 44 heavy (non-hydrogen) atoms. The highest BCUT2D eigenvalue weighted by molar-refractivity contribution is 6.05. The van der Waals surface area contributed by atoms with E-state index in [2.05, 4.69) is 15.0 Å². The quantitative estimate of drug-likeness (QED) is 0.332. The zero-order valence-corrected chi connectivity index (χ0v) is 25.0. The fourth-order valence-electron chi connectivity index (χ4n) is 6.10. The minimum atomic E-state index is -0.484. The van der Waals surface area contributed by atoms with Crippen LogP contribution < -0.4 is 9.64 Å². The van der Waals surface area contributed by atoms with Crippen LogP contribution in [0.2, 0.25) is 0 Å². The molecule has 5 heterocycles. The van der Waals surface area contributed by atoms with Gasteiger partial charge in [0.05, 0.1) is 18.8 Å². The lowest BCUT2D eigenvalue weighted by molar-refractivity contribution is -0.128. The van der Waals surface area contributed by atoms with Crippen LogP contribution in [0.4, 0.5) is 14.6 Å². The predicted molar refractivity (Wildman–Crippen MR) is 165 cm³/mol. The van der Waals surface area contributed by atoms with Crippen LogP contribution >= 0.6 is 0 Å². The summed E-state index contributed by atoms with van der Waals surface area (Å²) in [5, 5.41) is 0.606. The number of ether oxygens (including phenoxy) is 1. The number of pyridine rings is 2. The number of benzene rings is 1. The molecule has 0 saturated carbocycles. The van der Waals surface area contributed by atoms with Crippen molar-refractivity contribution in [3.8, 4) is 16.9 Å². The molecule has 0 radical (unpaired) electrons.